The summed E-state index contributed by atoms with van der Waals surface area (Å²) in [7, 11) is 0. The molecule has 12 heavy (non-hydrogen) atoms. The molecule has 0 aliphatic carbocycles. The Morgan fingerprint density at radius 3 is 3.00 bits per heavy atom. The topological polar surface area (TPSA) is 83.6 Å². The van der Waals surface area contributed by atoms with Crippen LogP contribution in [0.15, 0.2) is 12.2 Å². The van der Waals surface area contributed by atoms with Crippen molar-refractivity contribution in [3.8, 4) is 0 Å². The predicted octanol–water partition coefficient (Wildman–Crippen LogP) is -0.494. The van der Waals surface area contributed by atoms with Gasteiger partial charge in [-0.2, -0.15) is 5.21 Å². The zero-order valence-corrected chi connectivity index (χ0v) is 6.66. The molecule has 6 heteroatoms. The van der Waals surface area contributed by atoms with Crippen molar-refractivity contribution in [1.29, 1.82) is 0 Å². The third kappa shape index (κ3) is 2.15. The Morgan fingerprint density at radius 1 is 1.75 bits per heavy atom. The molecule has 6 nitrogen and oxygen atoms in total. The lowest BCUT2D eigenvalue weighted by molar-refractivity contribution is 0.0947. The summed E-state index contributed by atoms with van der Waals surface area (Å²) in [5.74, 6) is -0.317. The van der Waals surface area contributed by atoms with Gasteiger partial charge in [0.15, 0.2) is 0 Å². The molecule has 1 aromatic heterocycles. The molecule has 0 radical (unpaired) electrons. The van der Waals surface area contributed by atoms with Crippen LogP contribution in [-0.2, 0) is 0 Å². The molecule has 0 aliphatic heterocycles. The van der Waals surface area contributed by atoms with Gasteiger partial charge >= 0.3 is 0 Å². The zero-order chi connectivity index (χ0) is 8.97. The van der Waals surface area contributed by atoms with Crippen molar-refractivity contribution in [2.45, 2.75) is 6.92 Å². The van der Waals surface area contributed by atoms with E-state index in [1.54, 1.807) is 0 Å². The normalized spacial score (nSPS) is 9.42. The van der Waals surface area contributed by atoms with Gasteiger partial charge in [0, 0.05) is 6.54 Å². The standard InChI is InChI=1S/C6H9N5O/c1-4(2)3-7-6(12)5-8-10-11-9-5/h1,3H2,2H3,(H,7,12)(H,8,9,10,11). The molecule has 0 aromatic carbocycles. The van der Waals surface area contributed by atoms with Crippen LogP contribution >= 0.6 is 0 Å². The quantitative estimate of drug-likeness (QED) is 0.595. The van der Waals surface area contributed by atoms with Crippen molar-refractivity contribution >= 4 is 5.91 Å². The molecule has 0 bridgehead atoms. The van der Waals surface area contributed by atoms with E-state index >= 15 is 0 Å². The van der Waals surface area contributed by atoms with E-state index in [1.807, 2.05) is 6.92 Å². The molecule has 1 heterocycles. The summed E-state index contributed by atoms with van der Waals surface area (Å²) in [5.41, 5.74) is 0.867. The van der Waals surface area contributed by atoms with Crippen molar-refractivity contribution in [3.63, 3.8) is 0 Å². The van der Waals surface area contributed by atoms with Gasteiger partial charge in [-0.3, -0.25) is 4.79 Å². The fourth-order valence-corrected chi connectivity index (χ4v) is 0.568. The highest BCUT2D eigenvalue weighted by Gasteiger charge is 2.08. The van der Waals surface area contributed by atoms with E-state index in [2.05, 4.69) is 32.5 Å². The summed E-state index contributed by atoms with van der Waals surface area (Å²) < 4.78 is 0. The van der Waals surface area contributed by atoms with Gasteiger partial charge in [0.2, 0.25) is 0 Å². The molecular formula is C6H9N5O. The summed E-state index contributed by atoms with van der Waals surface area (Å²) in [6.07, 6.45) is 0. The lowest BCUT2D eigenvalue weighted by atomic mass is 10.3. The maximum absolute atomic E-state index is 11.1. The van der Waals surface area contributed by atoms with Gasteiger partial charge in [-0.1, -0.05) is 12.2 Å². The number of hydrogen-bond donors (Lipinski definition) is 2. The second-order valence-electron chi connectivity index (χ2n) is 2.38. The molecule has 64 valence electrons. The van der Waals surface area contributed by atoms with E-state index in [0.717, 1.165) is 5.57 Å². The highest BCUT2D eigenvalue weighted by Crippen LogP contribution is 1.86. The molecule has 0 unspecified atom stereocenters. The number of carbonyl (C=O) groups excluding carboxylic acids is 1. The molecule has 0 saturated carbocycles. The van der Waals surface area contributed by atoms with Crippen LogP contribution < -0.4 is 5.32 Å². The van der Waals surface area contributed by atoms with Crippen LogP contribution in [0.3, 0.4) is 0 Å². The van der Waals surface area contributed by atoms with E-state index in [0.29, 0.717) is 6.54 Å². The first-order valence-electron chi connectivity index (χ1n) is 3.36. The molecule has 1 aromatic rings. The Morgan fingerprint density at radius 2 is 2.50 bits per heavy atom. The Balaban J connectivity index is 2.45. The lowest BCUT2D eigenvalue weighted by Crippen LogP contribution is -2.25. The van der Waals surface area contributed by atoms with Crippen LogP contribution in [-0.4, -0.2) is 33.1 Å². The van der Waals surface area contributed by atoms with Gasteiger partial charge in [-0.15, -0.1) is 10.2 Å². The second kappa shape index (κ2) is 3.61. The van der Waals surface area contributed by atoms with Crippen molar-refractivity contribution in [2.24, 2.45) is 0 Å². The van der Waals surface area contributed by atoms with E-state index in [4.69, 9.17) is 0 Å². The van der Waals surface area contributed by atoms with Gasteiger partial charge in [-0.05, 0) is 12.1 Å². The first kappa shape index (κ1) is 8.38. The Hall–Kier alpha value is -1.72. The molecule has 0 aliphatic rings. The third-order valence-electron chi connectivity index (χ3n) is 1.10. The van der Waals surface area contributed by atoms with E-state index < -0.39 is 0 Å². The van der Waals surface area contributed by atoms with Crippen LogP contribution in [0.1, 0.15) is 17.5 Å². The van der Waals surface area contributed by atoms with Crippen LogP contribution in [0.25, 0.3) is 0 Å². The Bertz CT molecular complexity index is 278. The number of H-pyrrole nitrogens is 1. The average molecular weight is 167 g/mol. The number of carbonyl (C=O) groups is 1. The van der Waals surface area contributed by atoms with Crippen molar-refractivity contribution in [2.75, 3.05) is 6.54 Å². The molecule has 0 saturated heterocycles. The van der Waals surface area contributed by atoms with Gasteiger partial charge < -0.3 is 5.32 Å². The van der Waals surface area contributed by atoms with E-state index in [9.17, 15) is 4.79 Å². The highest BCUT2D eigenvalue weighted by atomic mass is 16.2. The lowest BCUT2D eigenvalue weighted by Gasteiger charge is -1.99. The smallest absolute Gasteiger partial charge is 0.293 e. The van der Waals surface area contributed by atoms with Crippen molar-refractivity contribution in [1.82, 2.24) is 25.9 Å². The summed E-state index contributed by atoms with van der Waals surface area (Å²) in [6.45, 7) is 5.87. The minimum Gasteiger partial charge on any atom is -0.345 e. The number of rotatable bonds is 3. The number of nitrogens with one attached hydrogen (secondary N) is 2. The number of aromatic nitrogens is 4. The van der Waals surface area contributed by atoms with Crippen molar-refractivity contribution < 1.29 is 4.79 Å². The summed E-state index contributed by atoms with van der Waals surface area (Å²) in [4.78, 5) is 11.1. The van der Waals surface area contributed by atoms with Gasteiger partial charge in [0.1, 0.15) is 0 Å². The fourth-order valence-electron chi connectivity index (χ4n) is 0.568. The molecule has 0 spiro atoms. The number of amides is 1. The van der Waals surface area contributed by atoms with E-state index in [-0.39, 0.29) is 11.7 Å². The van der Waals surface area contributed by atoms with Crippen LogP contribution in [0, 0.1) is 0 Å². The maximum atomic E-state index is 11.1. The van der Waals surface area contributed by atoms with Gasteiger partial charge in [0.25, 0.3) is 11.7 Å². The SMILES string of the molecule is C=C(C)CNC(=O)c1nn[nH]n1. The highest BCUT2D eigenvalue weighted by molar-refractivity contribution is 5.90. The fraction of sp³-hybridized carbons (Fsp3) is 0.333. The summed E-state index contributed by atoms with van der Waals surface area (Å²) >= 11 is 0. The number of hydrogen-bond acceptors (Lipinski definition) is 4. The first-order valence-corrected chi connectivity index (χ1v) is 3.36. The largest absolute Gasteiger partial charge is 0.345 e. The second-order valence-corrected chi connectivity index (χ2v) is 2.38. The molecule has 1 amide bonds. The molecule has 2 N–H and O–H groups in total. The van der Waals surface area contributed by atoms with Gasteiger partial charge in [-0.25, -0.2) is 0 Å². The average Bonchev–Trinajstić information content (AvgIpc) is 2.51. The molecule has 1 rings (SSSR count). The third-order valence-corrected chi connectivity index (χ3v) is 1.10. The Labute approximate surface area is 69.1 Å². The van der Waals surface area contributed by atoms with Gasteiger partial charge in [0.05, 0.1) is 0 Å². The van der Waals surface area contributed by atoms with Crippen LogP contribution in [0.5, 0.6) is 0 Å². The maximum Gasteiger partial charge on any atom is 0.293 e. The zero-order valence-electron chi connectivity index (χ0n) is 6.66. The Kier molecular flexibility index (Phi) is 2.52. The monoisotopic (exact) mass is 167 g/mol. The number of tetrazole rings is 1. The van der Waals surface area contributed by atoms with Crippen LogP contribution in [0.4, 0.5) is 0 Å². The summed E-state index contributed by atoms with van der Waals surface area (Å²) in [5, 5.41) is 15.0. The minimum absolute atomic E-state index is 0.0382. The van der Waals surface area contributed by atoms with Crippen molar-refractivity contribution in [3.05, 3.63) is 18.0 Å². The molecule has 0 atom stereocenters. The van der Waals surface area contributed by atoms with E-state index in [1.165, 1.54) is 0 Å². The molecule has 0 fully saturated rings. The first-order chi connectivity index (χ1) is 5.70. The number of nitrogens with zero attached hydrogens (tertiary/aromatic N) is 3. The predicted molar refractivity (Wildman–Crippen MR) is 41.3 cm³/mol. The van der Waals surface area contributed by atoms with Crippen LogP contribution in [0.2, 0.25) is 0 Å². The number of aromatic amines is 1. The minimum atomic E-state index is -0.355. The summed E-state index contributed by atoms with van der Waals surface area (Å²) in [6, 6.07) is 0. The molecular weight excluding hydrogens is 158 g/mol.